The molecule has 1 amide bonds. The molecule has 2 aromatic carbocycles. The van der Waals surface area contributed by atoms with E-state index in [9.17, 15) is 9.59 Å². The van der Waals surface area contributed by atoms with Gasteiger partial charge in [-0.3, -0.25) is 25.0 Å². The van der Waals surface area contributed by atoms with Crippen LogP contribution in [-0.2, 0) is 6.54 Å². The van der Waals surface area contributed by atoms with Crippen molar-refractivity contribution in [2.45, 2.75) is 13.5 Å². The summed E-state index contributed by atoms with van der Waals surface area (Å²) in [6.45, 7) is 2.25. The van der Waals surface area contributed by atoms with Gasteiger partial charge in [-0.25, -0.2) is 9.97 Å². The van der Waals surface area contributed by atoms with Crippen molar-refractivity contribution in [2.24, 2.45) is 0 Å². The van der Waals surface area contributed by atoms with Crippen LogP contribution in [0.1, 0.15) is 17.4 Å². The lowest BCUT2D eigenvalue weighted by atomic mass is 10.2. The van der Waals surface area contributed by atoms with Gasteiger partial charge < -0.3 is 0 Å². The monoisotopic (exact) mass is 425 g/mol. The standard InChI is InChI=1S/C20H16ClN5O2S/c1-2-26-19(28)14-5-3-4-6-15(14)23-20(26)25-24-17(27)16-11-29-18(22-16)12-7-9-13(21)10-8-12/h3-11H,2H2,1H3,(H,23,25)(H,24,27). The minimum absolute atomic E-state index is 0.173. The Morgan fingerprint density at radius 2 is 1.90 bits per heavy atom. The average molecular weight is 426 g/mol. The van der Waals surface area contributed by atoms with Gasteiger partial charge >= 0.3 is 0 Å². The highest BCUT2D eigenvalue weighted by molar-refractivity contribution is 7.13. The van der Waals surface area contributed by atoms with E-state index in [0.717, 1.165) is 5.56 Å². The Morgan fingerprint density at radius 3 is 2.66 bits per heavy atom. The van der Waals surface area contributed by atoms with Gasteiger partial charge in [-0.15, -0.1) is 11.3 Å². The summed E-state index contributed by atoms with van der Waals surface area (Å²) in [7, 11) is 0. The number of carbonyl (C=O) groups excluding carboxylic acids is 1. The summed E-state index contributed by atoms with van der Waals surface area (Å²) in [5.41, 5.74) is 6.84. The molecule has 0 atom stereocenters. The van der Waals surface area contributed by atoms with Gasteiger partial charge in [0.2, 0.25) is 5.95 Å². The third kappa shape index (κ3) is 3.85. The molecule has 0 radical (unpaired) electrons. The summed E-state index contributed by atoms with van der Waals surface area (Å²) in [6, 6.07) is 14.3. The van der Waals surface area contributed by atoms with E-state index in [2.05, 4.69) is 20.8 Å². The molecule has 146 valence electrons. The van der Waals surface area contributed by atoms with Crippen molar-refractivity contribution < 1.29 is 4.79 Å². The summed E-state index contributed by atoms with van der Waals surface area (Å²) >= 11 is 7.26. The van der Waals surface area contributed by atoms with Gasteiger partial charge in [-0.05, 0) is 31.2 Å². The molecule has 0 saturated heterocycles. The second-order valence-corrected chi connectivity index (χ2v) is 7.42. The smallest absolute Gasteiger partial charge is 0.277 e. The fourth-order valence-electron chi connectivity index (χ4n) is 2.84. The summed E-state index contributed by atoms with van der Waals surface area (Å²) in [4.78, 5) is 33.9. The first kappa shape index (κ1) is 19.1. The highest BCUT2D eigenvalue weighted by Gasteiger charge is 2.14. The number of para-hydroxylation sites is 1. The van der Waals surface area contributed by atoms with Gasteiger partial charge in [-0.1, -0.05) is 35.9 Å². The maximum absolute atomic E-state index is 12.6. The Balaban J connectivity index is 1.54. The van der Waals surface area contributed by atoms with E-state index in [1.165, 1.54) is 15.9 Å². The number of rotatable bonds is 5. The van der Waals surface area contributed by atoms with Crippen LogP contribution < -0.4 is 16.4 Å². The Morgan fingerprint density at radius 1 is 1.14 bits per heavy atom. The van der Waals surface area contributed by atoms with Gasteiger partial charge in [0.15, 0.2) is 0 Å². The SMILES string of the molecule is CCn1c(NNC(=O)c2csc(-c3ccc(Cl)cc3)n2)nc2ccccc2c1=O. The first-order valence-corrected chi connectivity index (χ1v) is 10.1. The molecule has 7 nitrogen and oxygen atoms in total. The Labute approximate surface area is 175 Å². The highest BCUT2D eigenvalue weighted by atomic mass is 35.5. The molecule has 29 heavy (non-hydrogen) atoms. The molecule has 4 aromatic rings. The van der Waals surface area contributed by atoms with Crippen LogP contribution in [-0.4, -0.2) is 20.4 Å². The molecule has 0 aliphatic heterocycles. The summed E-state index contributed by atoms with van der Waals surface area (Å²) < 4.78 is 1.46. The summed E-state index contributed by atoms with van der Waals surface area (Å²) in [5.74, 6) is -0.163. The van der Waals surface area contributed by atoms with Crippen LogP contribution in [0.2, 0.25) is 5.02 Å². The zero-order valence-corrected chi connectivity index (χ0v) is 16.9. The number of thiazole rings is 1. The zero-order valence-electron chi connectivity index (χ0n) is 15.3. The average Bonchev–Trinajstić information content (AvgIpc) is 3.23. The number of benzene rings is 2. The van der Waals surface area contributed by atoms with E-state index in [4.69, 9.17) is 11.6 Å². The Hall–Kier alpha value is -3.23. The fourth-order valence-corrected chi connectivity index (χ4v) is 3.77. The minimum Gasteiger partial charge on any atom is -0.277 e. The molecular formula is C20H16ClN5O2S. The number of aromatic nitrogens is 3. The van der Waals surface area contributed by atoms with Crippen LogP contribution >= 0.6 is 22.9 Å². The molecule has 4 rings (SSSR count). The van der Waals surface area contributed by atoms with Crippen molar-refractivity contribution in [3.8, 4) is 10.6 Å². The molecule has 0 aliphatic rings. The largest absolute Gasteiger partial charge is 0.289 e. The first-order valence-electron chi connectivity index (χ1n) is 8.84. The summed E-state index contributed by atoms with van der Waals surface area (Å²) in [5, 5.41) is 3.54. The normalized spacial score (nSPS) is 10.8. The van der Waals surface area contributed by atoms with Crippen molar-refractivity contribution in [3.05, 3.63) is 75.0 Å². The topological polar surface area (TPSA) is 88.9 Å². The van der Waals surface area contributed by atoms with Crippen molar-refractivity contribution in [2.75, 3.05) is 5.43 Å². The quantitative estimate of drug-likeness (QED) is 0.472. The molecule has 0 unspecified atom stereocenters. The van der Waals surface area contributed by atoms with Crippen LogP contribution in [0.3, 0.4) is 0 Å². The number of carbonyl (C=O) groups is 1. The minimum atomic E-state index is -0.425. The van der Waals surface area contributed by atoms with Crippen molar-refractivity contribution in [1.82, 2.24) is 20.0 Å². The van der Waals surface area contributed by atoms with E-state index in [1.807, 2.05) is 19.1 Å². The van der Waals surface area contributed by atoms with E-state index in [1.54, 1.807) is 41.8 Å². The van der Waals surface area contributed by atoms with Gasteiger partial charge in [-0.2, -0.15) is 0 Å². The maximum atomic E-state index is 12.6. The highest BCUT2D eigenvalue weighted by Crippen LogP contribution is 2.25. The predicted octanol–water partition coefficient (Wildman–Crippen LogP) is 3.95. The number of hydrazine groups is 1. The number of hydrogen-bond donors (Lipinski definition) is 2. The van der Waals surface area contributed by atoms with E-state index < -0.39 is 5.91 Å². The number of nitrogens with zero attached hydrogens (tertiary/aromatic N) is 3. The van der Waals surface area contributed by atoms with Crippen molar-refractivity contribution >= 4 is 45.7 Å². The van der Waals surface area contributed by atoms with Gasteiger partial charge in [0.1, 0.15) is 10.7 Å². The number of nitrogens with one attached hydrogen (secondary N) is 2. The van der Waals surface area contributed by atoms with Gasteiger partial charge in [0.05, 0.1) is 10.9 Å². The van der Waals surface area contributed by atoms with E-state index in [0.29, 0.717) is 27.5 Å². The molecule has 2 aromatic heterocycles. The Kier molecular flexibility index (Phi) is 5.28. The van der Waals surface area contributed by atoms with Crippen LogP contribution in [0.25, 0.3) is 21.5 Å². The Bertz CT molecular complexity index is 1250. The molecule has 0 aliphatic carbocycles. The van der Waals surface area contributed by atoms with E-state index in [-0.39, 0.29) is 17.2 Å². The van der Waals surface area contributed by atoms with Gasteiger partial charge in [0.25, 0.3) is 11.5 Å². The molecule has 2 N–H and O–H groups in total. The van der Waals surface area contributed by atoms with Gasteiger partial charge in [0, 0.05) is 22.5 Å². The molecular weight excluding hydrogens is 410 g/mol. The van der Waals surface area contributed by atoms with Crippen LogP contribution in [0.15, 0.2) is 58.7 Å². The molecule has 9 heteroatoms. The number of fused-ring (bicyclic) bond motifs is 1. The number of amides is 1. The molecule has 0 fully saturated rings. The fraction of sp³-hybridized carbons (Fsp3) is 0.100. The van der Waals surface area contributed by atoms with Crippen LogP contribution in [0.5, 0.6) is 0 Å². The molecule has 2 heterocycles. The summed E-state index contributed by atoms with van der Waals surface area (Å²) in [6.07, 6.45) is 0. The number of halogens is 1. The maximum Gasteiger partial charge on any atom is 0.289 e. The first-order chi connectivity index (χ1) is 14.1. The number of anilines is 1. The molecule has 0 bridgehead atoms. The lowest BCUT2D eigenvalue weighted by Crippen LogP contribution is -2.34. The lowest BCUT2D eigenvalue weighted by Gasteiger charge is -2.13. The van der Waals surface area contributed by atoms with Crippen molar-refractivity contribution in [1.29, 1.82) is 0 Å². The lowest BCUT2D eigenvalue weighted by molar-refractivity contribution is 0.0958. The second-order valence-electron chi connectivity index (χ2n) is 6.13. The van der Waals surface area contributed by atoms with Crippen LogP contribution in [0.4, 0.5) is 5.95 Å². The molecule has 0 spiro atoms. The van der Waals surface area contributed by atoms with Crippen molar-refractivity contribution in [3.63, 3.8) is 0 Å². The van der Waals surface area contributed by atoms with Crippen LogP contribution in [0, 0.1) is 0 Å². The zero-order chi connectivity index (χ0) is 20.4. The van der Waals surface area contributed by atoms with E-state index >= 15 is 0 Å². The third-order valence-corrected chi connectivity index (χ3v) is 5.44. The number of hydrogen-bond acceptors (Lipinski definition) is 6. The molecule has 0 saturated carbocycles. The predicted molar refractivity (Wildman–Crippen MR) is 115 cm³/mol. The second kappa shape index (κ2) is 8.02. The third-order valence-electron chi connectivity index (χ3n) is 4.29.